The quantitative estimate of drug-likeness (QED) is 0.757. The predicted octanol–water partition coefficient (Wildman–Crippen LogP) is 1.49. The van der Waals surface area contributed by atoms with Crippen molar-refractivity contribution >= 4 is 14.4 Å². The van der Waals surface area contributed by atoms with E-state index in [9.17, 15) is 5.11 Å². The number of hydrogen-bond donors (Lipinski definition) is 1. The molecule has 1 saturated heterocycles. The Kier molecular flexibility index (Phi) is 5.30. The molecule has 1 heterocycles. The van der Waals surface area contributed by atoms with Crippen LogP contribution in [0.1, 0.15) is 54.4 Å². The lowest BCUT2D eigenvalue weighted by Gasteiger charge is -2.38. The molecular formula is C12H26B2O4. The van der Waals surface area contributed by atoms with E-state index >= 15 is 0 Å². The predicted molar refractivity (Wildman–Crippen MR) is 74.7 cm³/mol. The van der Waals surface area contributed by atoms with E-state index in [0.29, 0.717) is 13.8 Å². The summed E-state index contributed by atoms with van der Waals surface area (Å²) in [6.07, 6.45) is 1.66. The molecule has 4 nitrogen and oxygen atoms in total. The maximum Gasteiger partial charge on any atom is 0.441 e. The van der Waals surface area contributed by atoms with Crippen molar-refractivity contribution in [3.63, 3.8) is 0 Å². The van der Waals surface area contributed by atoms with Gasteiger partial charge in [0, 0.05) is 12.2 Å². The SMILES string of the molecule is CC(CC(C)(C)O)OBB1OC(C)CC(C)(C)O1. The van der Waals surface area contributed by atoms with Crippen molar-refractivity contribution in [3.8, 4) is 0 Å². The third-order valence-corrected chi connectivity index (χ3v) is 2.92. The normalized spacial score (nSPS) is 25.9. The minimum Gasteiger partial charge on any atom is -0.439 e. The molecule has 6 heteroatoms. The summed E-state index contributed by atoms with van der Waals surface area (Å²) in [5.41, 5.74) is -0.870. The Labute approximate surface area is 112 Å². The van der Waals surface area contributed by atoms with Gasteiger partial charge in [-0.05, 0) is 54.4 Å². The van der Waals surface area contributed by atoms with Crippen LogP contribution in [-0.4, -0.2) is 42.9 Å². The summed E-state index contributed by atoms with van der Waals surface area (Å²) in [6.45, 7) is 11.7. The van der Waals surface area contributed by atoms with Crippen LogP contribution in [0.5, 0.6) is 0 Å². The van der Waals surface area contributed by atoms with Gasteiger partial charge in [0.1, 0.15) is 0 Å². The van der Waals surface area contributed by atoms with Gasteiger partial charge in [-0.3, -0.25) is 0 Å². The minimum atomic E-state index is -0.708. The Morgan fingerprint density at radius 3 is 2.67 bits per heavy atom. The Morgan fingerprint density at radius 1 is 1.56 bits per heavy atom. The zero-order valence-electron chi connectivity index (χ0n) is 12.5. The molecule has 0 aliphatic carbocycles. The first kappa shape index (κ1) is 16.0. The molecule has 1 aliphatic rings. The molecule has 0 aromatic carbocycles. The van der Waals surface area contributed by atoms with Crippen molar-refractivity contribution in [3.05, 3.63) is 0 Å². The molecule has 1 rings (SSSR count). The van der Waals surface area contributed by atoms with Crippen molar-refractivity contribution < 1.29 is 19.1 Å². The van der Waals surface area contributed by atoms with Crippen LogP contribution in [0.2, 0.25) is 0 Å². The van der Waals surface area contributed by atoms with E-state index in [-0.39, 0.29) is 24.8 Å². The molecule has 104 valence electrons. The zero-order valence-corrected chi connectivity index (χ0v) is 12.5. The van der Waals surface area contributed by atoms with E-state index in [0.717, 1.165) is 6.42 Å². The third-order valence-electron chi connectivity index (χ3n) is 2.92. The van der Waals surface area contributed by atoms with Crippen molar-refractivity contribution in [1.29, 1.82) is 0 Å². The molecule has 1 aliphatic heterocycles. The molecule has 0 aromatic rings. The molecule has 1 N–H and O–H groups in total. The first-order valence-electron chi connectivity index (χ1n) is 6.75. The zero-order chi connectivity index (χ0) is 14.0. The third kappa shape index (κ3) is 6.23. The van der Waals surface area contributed by atoms with Crippen molar-refractivity contribution in [2.45, 2.75) is 77.8 Å². The summed E-state index contributed by atoms with van der Waals surface area (Å²) in [4.78, 5) is 0. The number of rotatable bonds is 5. The molecule has 18 heavy (non-hydrogen) atoms. The van der Waals surface area contributed by atoms with E-state index < -0.39 is 5.60 Å². The Hall–Kier alpha value is -0.0301. The summed E-state index contributed by atoms with van der Waals surface area (Å²) in [5, 5.41) is 9.71. The lowest BCUT2D eigenvalue weighted by Crippen LogP contribution is -2.50. The van der Waals surface area contributed by atoms with Gasteiger partial charge in [-0.2, -0.15) is 0 Å². The molecular weight excluding hydrogens is 230 g/mol. The largest absolute Gasteiger partial charge is 0.441 e. The summed E-state index contributed by atoms with van der Waals surface area (Å²) < 4.78 is 17.2. The molecule has 1 fully saturated rings. The van der Waals surface area contributed by atoms with Gasteiger partial charge in [0.25, 0.3) is 0 Å². The Balaban J connectivity index is 2.34. The lowest BCUT2D eigenvalue weighted by molar-refractivity contribution is -0.0232. The van der Waals surface area contributed by atoms with Gasteiger partial charge in [-0.1, -0.05) is 0 Å². The molecule has 0 bridgehead atoms. The molecule has 0 aromatic heterocycles. The first-order valence-corrected chi connectivity index (χ1v) is 6.75. The molecule has 2 atom stereocenters. The second-order valence-electron chi connectivity index (χ2n) is 6.62. The first-order chi connectivity index (χ1) is 8.07. The smallest absolute Gasteiger partial charge is 0.439 e. The van der Waals surface area contributed by atoms with E-state index in [1.807, 2.05) is 6.92 Å². The van der Waals surface area contributed by atoms with Crippen LogP contribution >= 0.6 is 0 Å². The fourth-order valence-corrected chi connectivity index (χ4v) is 2.51. The monoisotopic (exact) mass is 256 g/mol. The molecule has 0 saturated carbocycles. The molecule has 0 radical (unpaired) electrons. The van der Waals surface area contributed by atoms with Gasteiger partial charge in [-0.15, -0.1) is 0 Å². The molecule has 2 unspecified atom stereocenters. The van der Waals surface area contributed by atoms with Gasteiger partial charge >= 0.3 is 14.4 Å². The summed E-state index contributed by atoms with van der Waals surface area (Å²) in [7, 11) is 0.0957. The van der Waals surface area contributed by atoms with Crippen LogP contribution in [0.3, 0.4) is 0 Å². The van der Waals surface area contributed by atoms with Gasteiger partial charge < -0.3 is 19.1 Å². The molecule has 0 amide bonds. The van der Waals surface area contributed by atoms with Crippen molar-refractivity contribution in [1.82, 2.24) is 0 Å². The van der Waals surface area contributed by atoms with Crippen molar-refractivity contribution in [2.24, 2.45) is 0 Å². The van der Waals surface area contributed by atoms with Gasteiger partial charge in [0.2, 0.25) is 0 Å². The maximum absolute atomic E-state index is 9.71. The number of aliphatic hydroxyl groups is 1. The van der Waals surface area contributed by atoms with Gasteiger partial charge in [0.15, 0.2) is 0 Å². The minimum absolute atomic E-state index is 0.0162. The van der Waals surface area contributed by atoms with E-state index in [1.165, 1.54) is 0 Å². The average molecular weight is 256 g/mol. The topological polar surface area (TPSA) is 47.9 Å². The lowest BCUT2D eigenvalue weighted by atomic mass is 9.54. The highest BCUT2D eigenvalue weighted by molar-refractivity contribution is 7.02. The van der Waals surface area contributed by atoms with E-state index in [1.54, 1.807) is 13.8 Å². The van der Waals surface area contributed by atoms with Crippen LogP contribution in [0.15, 0.2) is 0 Å². The Morgan fingerprint density at radius 2 is 2.17 bits per heavy atom. The highest BCUT2D eigenvalue weighted by atomic mass is 16.6. The standard InChI is InChI=1S/C12H26B2O4/c1-9(7-11(3,4)15)16-13-14-17-10(2)8-12(5,6)18-14/h9-10,13,15H,7-8H2,1-6H3. The van der Waals surface area contributed by atoms with Gasteiger partial charge in [0.05, 0.1) is 11.2 Å². The van der Waals surface area contributed by atoms with Crippen LogP contribution in [0.25, 0.3) is 0 Å². The second kappa shape index (κ2) is 5.95. The summed E-state index contributed by atoms with van der Waals surface area (Å²) in [6, 6.07) is 0. The van der Waals surface area contributed by atoms with Crippen LogP contribution in [-0.2, 0) is 14.0 Å². The highest BCUT2D eigenvalue weighted by Crippen LogP contribution is 2.25. The van der Waals surface area contributed by atoms with Gasteiger partial charge in [-0.25, -0.2) is 0 Å². The summed E-state index contributed by atoms with van der Waals surface area (Å²) in [5.74, 6) is 0. The Bertz CT molecular complexity index is 265. The summed E-state index contributed by atoms with van der Waals surface area (Å²) >= 11 is 0. The fourth-order valence-electron chi connectivity index (χ4n) is 2.51. The van der Waals surface area contributed by atoms with Crippen LogP contribution < -0.4 is 0 Å². The fraction of sp³-hybridized carbons (Fsp3) is 1.00. The maximum atomic E-state index is 9.71. The second-order valence-corrected chi connectivity index (χ2v) is 6.62. The van der Waals surface area contributed by atoms with Crippen LogP contribution in [0, 0.1) is 0 Å². The van der Waals surface area contributed by atoms with E-state index in [2.05, 4.69) is 20.8 Å². The average Bonchev–Trinajstić information content (AvgIpc) is 2.08. The number of hydrogen-bond acceptors (Lipinski definition) is 4. The highest BCUT2D eigenvalue weighted by Gasteiger charge is 2.38. The van der Waals surface area contributed by atoms with E-state index in [4.69, 9.17) is 14.0 Å². The van der Waals surface area contributed by atoms with Crippen LogP contribution in [0.4, 0.5) is 0 Å². The molecule has 0 spiro atoms. The van der Waals surface area contributed by atoms with Crippen molar-refractivity contribution in [2.75, 3.05) is 0 Å².